The van der Waals surface area contributed by atoms with Gasteiger partial charge in [-0.25, -0.2) is 14.7 Å². The summed E-state index contributed by atoms with van der Waals surface area (Å²) in [5.41, 5.74) is 8.41. The number of amides is 1. The predicted octanol–water partition coefficient (Wildman–Crippen LogP) is 4.01. The van der Waals surface area contributed by atoms with Crippen molar-refractivity contribution in [1.82, 2.24) is 20.0 Å². The zero-order chi connectivity index (χ0) is 28.3. The third-order valence-corrected chi connectivity index (χ3v) is 9.26. The fourth-order valence-electron chi connectivity index (χ4n) is 6.38. The minimum absolute atomic E-state index is 0.0600. The first kappa shape index (κ1) is 27.6. The summed E-state index contributed by atoms with van der Waals surface area (Å²) >= 11 is 0. The van der Waals surface area contributed by atoms with Gasteiger partial charge in [-0.15, -0.1) is 0 Å². The highest BCUT2D eigenvalue weighted by molar-refractivity contribution is 7.90. The van der Waals surface area contributed by atoms with Crippen LogP contribution in [-0.2, 0) is 15.4 Å². The van der Waals surface area contributed by atoms with E-state index in [-0.39, 0.29) is 27.4 Å². The first-order valence-corrected chi connectivity index (χ1v) is 15.2. The van der Waals surface area contributed by atoms with Crippen molar-refractivity contribution in [3.8, 4) is 0 Å². The number of pyridine rings is 2. The number of fused-ring (bicyclic) bond motifs is 2. The lowest BCUT2D eigenvalue weighted by atomic mass is 9.83. The lowest BCUT2D eigenvalue weighted by Crippen LogP contribution is -2.41. The molecular weight excluding hydrogens is 512 g/mol. The molecule has 210 valence electrons. The van der Waals surface area contributed by atoms with E-state index in [4.69, 9.17) is 10.7 Å². The molecule has 1 amide bonds. The van der Waals surface area contributed by atoms with E-state index >= 15 is 0 Å². The highest BCUT2D eigenvalue weighted by atomic mass is 32.2. The van der Waals surface area contributed by atoms with E-state index in [1.807, 2.05) is 6.07 Å². The summed E-state index contributed by atoms with van der Waals surface area (Å²) < 4.78 is 28.6. The Bertz CT molecular complexity index is 1440. The van der Waals surface area contributed by atoms with Crippen molar-refractivity contribution < 1.29 is 13.2 Å². The lowest BCUT2D eigenvalue weighted by molar-refractivity contribution is 0.0981. The molecule has 0 spiro atoms. The van der Waals surface area contributed by atoms with Crippen LogP contribution in [0, 0.1) is 5.92 Å². The molecule has 2 fully saturated rings. The molecule has 2 saturated heterocycles. The Labute approximate surface area is 231 Å². The van der Waals surface area contributed by atoms with Gasteiger partial charge in [0.2, 0.25) is 0 Å². The number of nitrogens with two attached hydrogens (primary N) is 1. The molecular formula is C29H40N6O3S. The van der Waals surface area contributed by atoms with Crippen molar-refractivity contribution in [3.63, 3.8) is 0 Å². The second-order valence-electron chi connectivity index (χ2n) is 13.0. The van der Waals surface area contributed by atoms with Crippen LogP contribution in [0.25, 0.3) is 5.57 Å². The van der Waals surface area contributed by atoms with E-state index in [2.05, 4.69) is 67.5 Å². The molecule has 2 aromatic heterocycles. The van der Waals surface area contributed by atoms with Crippen molar-refractivity contribution in [2.45, 2.75) is 95.3 Å². The number of carbonyl (C=O) groups is 1. The Kier molecular flexibility index (Phi) is 6.78. The summed E-state index contributed by atoms with van der Waals surface area (Å²) in [5.74, 6) is 0.253. The molecule has 3 unspecified atom stereocenters. The van der Waals surface area contributed by atoms with E-state index in [9.17, 15) is 13.2 Å². The highest BCUT2D eigenvalue weighted by Gasteiger charge is 2.41. The summed E-state index contributed by atoms with van der Waals surface area (Å²) in [6, 6.07) is 6.88. The molecule has 10 heteroatoms. The summed E-state index contributed by atoms with van der Waals surface area (Å²) in [4.78, 5) is 25.2. The van der Waals surface area contributed by atoms with Crippen LogP contribution >= 0.6 is 0 Å². The maximum Gasteiger partial charge on any atom is 0.281 e. The Hall–Kier alpha value is -2.98. The van der Waals surface area contributed by atoms with Crippen molar-refractivity contribution in [3.05, 3.63) is 47.2 Å². The summed E-state index contributed by atoms with van der Waals surface area (Å²) in [6.07, 6.45) is 6.24. The average molecular weight is 553 g/mol. The van der Waals surface area contributed by atoms with Crippen LogP contribution in [0.1, 0.15) is 88.8 Å². The van der Waals surface area contributed by atoms with E-state index in [0.717, 1.165) is 49.1 Å². The fraction of sp³-hybridized carbons (Fsp3) is 0.552. The summed E-state index contributed by atoms with van der Waals surface area (Å²) in [5, 5.41) is 3.33. The molecule has 0 radical (unpaired) electrons. The van der Waals surface area contributed by atoms with Crippen molar-refractivity contribution in [1.29, 1.82) is 0 Å². The molecule has 5 heterocycles. The van der Waals surface area contributed by atoms with Crippen LogP contribution in [0.4, 0.5) is 11.6 Å². The topological polar surface area (TPSA) is 130 Å². The highest BCUT2D eigenvalue weighted by Crippen LogP contribution is 2.42. The number of sulfonamides is 1. The number of nitrogens with one attached hydrogen (secondary N) is 2. The minimum atomic E-state index is -4.26. The van der Waals surface area contributed by atoms with Gasteiger partial charge in [-0.1, -0.05) is 39.8 Å². The van der Waals surface area contributed by atoms with E-state index in [1.54, 1.807) is 0 Å². The van der Waals surface area contributed by atoms with Crippen LogP contribution in [0.15, 0.2) is 35.4 Å². The van der Waals surface area contributed by atoms with Crippen molar-refractivity contribution in [2.75, 3.05) is 17.2 Å². The summed E-state index contributed by atoms with van der Waals surface area (Å²) in [6.45, 7) is 13.6. The molecule has 39 heavy (non-hydrogen) atoms. The number of nitrogen functional groups attached to an aromatic ring is 1. The number of hydrogen-bond donors (Lipinski definition) is 3. The number of nitrogens with zero attached hydrogens (tertiary/aromatic N) is 3. The van der Waals surface area contributed by atoms with Gasteiger partial charge in [0.25, 0.3) is 15.9 Å². The van der Waals surface area contributed by atoms with Gasteiger partial charge in [0, 0.05) is 35.1 Å². The fourth-order valence-corrected chi connectivity index (χ4v) is 7.32. The number of aromatic nitrogens is 2. The number of hydrogen-bond acceptors (Lipinski definition) is 8. The number of carbonyl (C=O) groups excluding carboxylic acids is 1. The first-order valence-electron chi connectivity index (χ1n) is 13.7. The number of anilines is 2. The lowest BCUT2D eigenvalue weighted by Gasteiger charge is -2.36. The Balaban J connectivity index is 1.66. The van der Waals surface area contributed by atoms with Crippen LogP contribution in [0.3, 0.4) is 0 Å². The molecule has 3 aliphatic rings. The third-order valence-electron chi connectivity index (χ3n) is 8.02. The normalized spacial score (nSPS) is 24.5. The Morgan fingerprint density at radius 2 is 1.95 bits per heavy atom. The molecule has 0 aromatic carbocycles. The second-order valence-corrected chi connectivity index (χ2v) is 14.6. The van der Waals surface area contributed by atoms with Gasteiger partial charge in [0.1, 0.15) is 11.6 Å². The SMILES string of the molecule is CC1CN(c2nc(C(C)(C)C)c(C3=CC4CCC(C3)N4)cc2C(=O)NS(=O)(=O)c2cccc(N)n2)C(C)(C)C1. The second kappa shape index (κ2) is 9.59. The standard InChI is InChI=1S/C29H40N6O3S/c1-17-15-29(5,6)35(16-17)26-22(27(36)34-39(37,38)24-9-7-8-23(30)32-24)14-21(25(33-26)28(2,3)4)18-12-19-10-11-20(13-18)31-19/h7-9,12,14,17,19-20,31H,10-11,13,15-16H2,1-6H3,(H2,30,32)(H,34,36). The maximum atomic E-state index is 13.9. The molecule has 3 atom stereocenters. The molecule has 4 N–H and O–H groups in total. The van der Waals surface area contributed by atoms with E-state index in [0.29, 0.717) is 23.8 Å². The summed E-state index contributed by atoms with van der Waals surface area (Å²) in [7, 11) is -4.26. The monoisotopic (exact) mass is 552 g/mol. The molecule has 5 rings (SSSR count). The van der Waals surface area contributed by atoms with Crippen LogP contribution in [0.2, 0.25) is 0 Å². The molecule has 2 aromatic rings. The zero-order valence-corrected chi connectivity index (χ0v) is 24.5. The molecule has 0 saturated carbocycles. The van der Waals surface area contributed by atoms with E-state index < -0.39 is 15.9 Å². The van der Waals surface area contributed by atoms with Gasteiger partial charge in [-0.2, -0.15) is 8.42 Å². The molecule has 2 bridgehead atoms. The van der Waals surface area contributed by atoms with Gasteiger partial charge in [0.15, 0.2) is 5.03 Å². The maximum absolute atomic E-state index is 13.9. The van der Waals surface area contributed by atoms with Crippen LogP contribution < -0.4 is 20.7 Å². The van der Waals surface area contributed by atoms with Gasteiger partial charge in [-0.05, 0) is 69.2 Å². The molecule has 9 nitrogen and oxygen atoms in total. The van der Waals surface area contributed by atoms with Crippen LogP contribution in [-0.4, -0.2) is 48.5 Å². The third kappa shape index (κ3) is 5.41. The van der Waals surface area contributed by atoms with Crippen molar-refractivity contribution in [2.24, 2.45) is 5.92 Å². The van der Waals surface area contributed by atoms with Crippen molar-refractivity contribution >= 4 is 33.1 Å². The van der Waals surface area contributed by atoms with Gasteiger partial charge < -0.3 is 16.0 Å². The van der Waals surface area contributed by atoms with E-state index in [1.165, 1.54) is 18.2 Å². The Morgan fingerprint density at radius 3 is 2.56 bits per heavy atom. The molecule has 3 aliphatic heterocycles. The first-order chi connectivity index (χ1) is 18.1. The quantitative estimate of drug-likeness (QED) is 0.507. The average Bonchev–Trinajstić information content (AvgIpc) is 3.32. The Morgan fingerprint density at radius 1 is 1.21 bits per heavy atom. The van der Waals surface area contributed by atoms with Gasteiger partial charge in [-0.3, -0.25) is 4.79 Å². The smallest absolute Gasteiger partial charge is 0.281 e. The number of rotatable bonds is 5. The van der Waals surface area contributed by atoms with Crippen LogP contribution in [0.5, 0.6) is 0 Å². The zero-order valence-electron chi connectivity index (χ0n) is 23.7. The van der Waals surface area contributed by atoms with Gasteiger partial charge >= 0.3 is 0 Å². The van der Waals surface area contributed by atoms with Gasteiger partial charge in [0.05, 0.1) is 11.3 Å². The molecule has 0 aliphatic carbocycles. The predicted molar refractivity (Wildman–Crippen MR) is 154 cm³/mol. The minimum Gasteiger partial charge on any atom is -0.384 e. The largest absolute Gasteiger partial charge is 0.384 e.